The van der Waals surface area contributed by atoms with Crippen molar-refractivity contribution in [3.05, 3.63) is 57.0 Å². The summed E-state index contributed by atoms with van der Waals surface area (Å²) in [5.74, 6) is 0.0802. The lowest BCUT2D eigenvalue weighted by molar-refractivity contribution is -0.123. The summed E-state index contributed by atoms with van der Waals surface area (Å²) in [6.07, 6.45) is 3.53. The van der Waals surface area contributed by atoms with Crippen LogP contribution in [0.2, 0.25) is 0 Å². The predicted molar refractivity (Wildman–Crippen MR) is 115 cm³/mol. The number of amides is 2. The Morgan fingerprint density at radius 3 is 2.77 bits per heavy atom. The fourth-order valence-corrected chi connectivity index (χ4v) is 3.04. The standard InChI is InChI=1S/C19H21IN6O4/c1-12-3-4-15(13(2)7-12)29-11-17(27)21-5-6-22-18(28)19-24-16(25-30-19)10-26-9-14(20)8-23-26/h3-4,7-9H,5-6,10-11H2,1-2H3,(H,21,27)(H,22,28). The van der Waals surface area contributed by atoms with Gasteiger partial charge in [-0.3, -0.25) is 14.3 Å². The van der Waals surface area contributed by atoms with Crippen LogP contribution in [0.1, 0.15) is 27.6 Å². The van der Waals surface area contributed by atoms with Crippen LogP contribution < -0.4 is 15.4 Å². The first-order valence-electron chi connectivity index (χ1n) is 9.16. The normalized spacial score (nSPS) is 10.6. The van der Waals surface area contributed by atoms with Crippen LogP contribution in [0.4, 0.5) is 0 Å². The number of ether oxygens (including phenoxy) is 1. The molecule has 0 unspecified atom stereocenters. The van der Waals surface area contributed by atoms with Crippen LogP contribution in [0.5, 0.6) is 5.75 Å². The number of nitrogens with one attached hydrogen (secondary N) is 2. The molecule has 3 aromatic rings. The number of aromatic nitrogens is 4. The third-order valence-corrected chi connectivity index (χ3v) is 4.55. The van der Waals surface area contributed by atoms with Crippen molar-refractivity contribution in [2.45, 2.75) is 20.4 Å². The second-order valence-electron chi connectivity index (χ2n) is 6.54. The Morgan fingerprint density at radius 1 is 1.23 bits per heavy atom. The van der Waals surface area contributed by atoms with Crippen LogP contribution >= 0.6 is 22.6 Å². The van der Waals surface area contributed by atoms with Gasteiger partial charge in [0.1, 0.15) is 12.3 Å². The van der Waals surface area contributed by atoms with Gasteiger partial charge in [0.15, 0.2) is 12.4 Å². The van der Waals surface area contributed by atoms with Crippen molar-refractivity contribution in [2.75, 3.05) is 19.7 Å². The van der Waals surface area contributed by atoms with E-state index in [-0.39, 0.29) is 31.5 Å². The molecular weight excluding hydrogens is 503 g/mol. The molecule has 11 heteroatoms. The van der Waals surface area contributed by atoms with Crippen molar-refractivity contribution in [3.8, 4) is 5.75 Å². The van der Waals surface area contributed by atoms with E-state index in [1.54, 1.807) is 10.9 Å². The van der Waals surface area contributed by atoms with Crippen LogP contribution in [0.15, 0.2) is 35.1 Å². The molecule has 2 aromatic heterocycles. The molecule has 3 rings (SSSR count). The highest BCUT2D eigenvalue weighted by Gasteiger charge is 2.15. The number of hydrogen-bond acceptors (Lipinski definition) is 7. The third kappa shape index (κ3) is 6.27. The number of carbonyl (C=O) groups excluding carboxylic acids is 2. The van der Waals surface area contributed by atoms with E-state index < -0.39 is 5.91 Å². The molecule has 0 aliphatic carbocycles. The minimum absolute atomic E-state index is 0.1000. The Bertz CT molecular complexity index is 1030. The van der Waals surface area contributed by atoms with Crippen molar-refractivity contribution in [2.24, 2.45) is 0 Å². The van der Waals surface area contributed by atoms with Crippen molar-refractivity contribution in [3.63, 3.8) is 0 Å². The number of benzene rings is 1. The topological polar surface area (TPSA) is 124 Å². The molecule has 2 N–H and O–H groups in total. The minimum Gasteiger partial charge on any atom is -0.484 e. The van der Waals surface area contributed by atoms with Gasteiger partial charge in [0.05, 0.1) is 9.77 Å². The zero-order valence-electron chi connectivity index (χ0n) is 16.5. The maximum atomic E-state index is 12.1. The molecule has 0 aliphatic heterocycles. The van der Waals surface area contributed by atoms with Gasteiger partial charge in [0.25, 0.3) is 5.91 Å². The number of rotatable bonds is 9. The van der Waals surface area contributed by atoms with E-state index in [2.05, 4.69) is 48.5 Å². The molecule has 10 nitrogen and oxygen atoms in total. The van der Waals surface area contributed by atoms with Crippen molar-refractivity contribution in [1.82, 2.24) is 30.6 Å². The second kappa shape index (κ2) is 10.2. The second-order valence-corrected chi connectivity index (χ2v) is 7.78. The molecule has 30 heavy (non-hydrogen) atoms. The molecule has 0 atom stereocenters. The molecule has 0 fully saturated rings. The number of carbonyl (C=O) groups is 2. The first-order chi connectivity index (χ1) is 14.4. The summed E-state index contributed by atoms with van der Waals surface area (Å²) in [5, 5.41) is 13.2. The minimum atomic E-state index is -0.510. The molecular formula is C19H21IN6O4. The highest BCUT2D eigenvalue weighted by molar-refractivity contribution is 14.1. The maximum absolute atomic E-state index is 12.1. The van der Waals surface area contributed by atoms with E-state index in [1.807, 2.05) is 38.2 Å². The van der Waals surface area contributed by atoms with Gasteiger partial charge in [0, 0.05) is 19.3 Å². The molecule has 2 heterocycles. The first-order valence-corrected chi connectivity index (χ1v) is 10.2. The van der Waals surface area contributed by atoms with Gasteiger partial charge < -0.3 is 19.9 Å². The van der Waals surface area contributed by atoms with E-state index in [4.69, 9.17) is 9.26 Å². The molecule has 0 saturated carbocycles. The Hall–Kier alpha value is -2.96. The Balaban J connectivity index is 1.35. The summed E-state index contributed by atoms with van der Waals surface area (Å²) < 4.78 is 13.1. The van der Waals surface area contributed by atoms with Gasteiger partial charge in [0.2, 0.25) is 0 Å². The van der Waals surface area contributed by atoms with Gasteiger partial charge >= 0.3 is 11.8 Å². The van der Waals surface area contributed by atoms with Crippen molar-refractivity contribution >= 4 is 34.4 Å². The van der Waals surface area contributed by atoms with Crippen molar-refractivity contribution in [1.29, 1.82) is 0 Å². The highest BCUT2D eigenvalue weighted by Crippen LogP contribution is 2.18. The van der Waals surface area contributed by atoms with Gasteiger partial charge in [-0.1, -0.05) is 22.9 Å². The van der Waals surface area contributed by atoms with E-state index >= 15 is 0 Å². The Morgan fingerprint density at radius 2 is 2.03 bits per heavy atom. The van der Waals surface area contributed by atoms with Crippen LogP contribution in [-0.2, 0) is 11.3 Å². The van der Waals surface area contributed by atoms with Gasteiger partial charge in [-0.25, -0.2) is 0 Å². The predicted octanol–water partition coefficient (Wildman–Crippen LogP) is 1.46. The molecule has 1 aromatic carbocycles. The number of halogens is 1. The summed E-state index contributed by atoms with van der Waals surface area (Å²) in [6, 6.07) is 5.75. The van der Waals surface area contributed by atoms with Gasteiger partial charge in [-0.15, -0.1) is 0 Å². The fourth-order valence-electron chi connectivity index (χ4n) is 2.59. The van der Waals surface area contributed by atoms with Crippen LogP contribution in [-0.4, -0.2) is 51.4 Å². The van der Waals surface area contributed by atoms with Crippen LogP contribution in [0, 0.1) is 17.4 Å². The molecule has 2 amide bonds. The smallest absolute Gasteiger partial charge is 0.316 e. The molecule has 158 valence electrons. The number of nitrogens with zero attached hydrogens (tertiary/aromatic N) is 4. The van der Waals surface area contributed by atoms with E-state index in [1.165, 1.54) is 0 Å². The van der Waals surface area contributed by atoms with E-state index in [0.717, 1.165) is 14.7 Å². The van der Waals surface area contributed by atoms with Gasteiger partial charge in [-0.05, 0) is 48.1 Å². The Kier molecular flexibility index (Phi) is 7.38. The lowest BCUT2D eigenvalue weighted by Gasteiger charge is -2.10. The lowest BCUT2D eigenvalue weighted by Crippen LogP contribution is -2.36. The fraction of sp³-hybridized carbons (Fsp3) is 0.316. The monoisotopic (exact) mass is 524 g/mol. The summed E-state index contributed by atoms with van der Waals surface area (Å²) in [5.41, 5.74) is 2.10. The Labute approximate surface area is 186 Å². The molecule has 0 aliphatic rings. The number of hydrogen-bond donors (Lipinski definition) is 2. The molecule has 0 radical (unpaired) electrons. The first kappa shape index (κ1) is 21.7. The van der Waals surface area contributed by atoms with Crippen molar-refractivity contribution < 1.29 is 18.8 Å². The summed E-state index contributed by atoms with van der Waals surface area (Å²) in [7, 11) is 0. The summed E-state index contributed by atoms with van der Waals surface area (Å²) in [6.45, 7) is 4.58. The third-order valence-electron chi connectivity index (χ3n) is 3.99. The molecule has 0 spiro atoms. The number of aryl methyl sites for hydroxylation is 2. The zero-order chi connectivity index (χ0) is 21.5. The van der Waals surface area contributed by atoms with E-state index in [0.29, 0.717) is 18.1 Å². The largest absolute Gasteiger partial charge is 0.484 e. The van der Waals surface area contributed by atoms with Crippen LogP contribution in [0.25, 0.3) is 0 Å². The van der Waals surface area contributed by atoms with Gasteiger partial charge in [-0.2, -0.15) is 10.1 Å². The maximum Gasteiger partial charge on any atom is 0.316 e. The SMILES string of the molecule is Cc1ccc(OCC(=O)NCCNC(=O)c2nc(Cn3cc(I)cn3)no2)c(C)c1. The van der Waals surface area contributed by atoms with Crippen LogP contribution in [0.3, 0.4) is 0 Å². The summed E-state index contributed by atoms with van der Waals surface area (Å²) in [4.78, 5) is 28.0. The lowest BCUT2D eigenvalue weighted by atomic mass is 10.1. The average Bonchev–Trinajstić information content (AvgIpc) is 3.33. The molecule has 0 bridgehead atoms. The zero-order valence-corrected chi connectivity index (χ0v) is 18.7. The van der Waals surface area contributed by atoms with E-state index in [9.17, 15) is 9.59 Å². The quantitative estimate of drug-likeness (QED) is 0.321. The summed E-state index contributed by atoms with van der Waals surface area (Å²) >= 11 is 2.14. The average molecular weight is 524 g/mol. The highest BCUT2D eigenvalue weighted by atomic mass is 127. The molecule has 0 saturated heterocycles.